The van der Waals surface area contributed by atoms with Crippen molar-refractivity contribution in [3.8, 4) is 0 Å². The standard InChI is InChI=1S/C12H22N2/c1-4-5-6-7-8-12(2,3)11-13-9-10-14-11/h9-10H,4-8H2,1-3H3,(H,13,14). The molecular weight excluding hydrogens is 172 g/mol. The smallest absolute Gasteiger partial charge is 0.111 e. The lowest BCUT2D eigenvalue weighted by Gasteiger charge is -2.21. The van der Waals surface area contributed by atoms with E-state index in [1.807, 2.05) is 12.4 Å². The lowest BCUT2D eigenvalue weighted by atomic mass is 9.86. The molecule has 0 unspecified atom stereocenters. The molecular formula is C12H22N2. The van der Waals surface area contributed by atoms with E-state index in [-0.39, 0.29) is 5.41 Å². The highest BCUT2D eigenvalue weighted by Gasteiger charge is 2.22. The van der Waals surface area contributed by atoms with E-state index in [0.717, 1.165) is 5.82 Å². The van der Waals surface area contributed by atoms with E-state index in [2.05, 4.69) is 30.7 Å². The molecule has 1 rings (SSSR count). The quantitative estimate of drug-likeness (QED) is 0.688. The Kier molecular flexibility index (Phi) is 4.18. The summed E-state index contributed by atoms with van der Waals surface area (Å²) < 4.78 is 0. The molecule has 0 fully saturated rings. The van der Waals surface area contributed by atoms with Crippen molar-refractivity contribution >= 4 is 0 Å². The number of aromatic nitrogens is 2. The molecule has 0 aliphatic rings. The van der Waals surface area contributed by atoms with Gasteiger partial charge < -0.3 is 4.98 Å². The van der Waals surface area contributed by atoms with E-state index in [1.165, 1.54) is 32.1 Å². The van der Waals surface area contributed by atoms with Crippen molar-refractivity contribution in [2.75, 3.05) is 0 Å². The number of hydrogen-bond donors (Lipinski definition) is 1. The van der Waals surface area contributed by atoms with Crippen LogP contribution in [0, 0.1) is 0 Å². The second kappa shape index (κ2) is 5.18. The summed E-state index contributed by atoms with van der Waals surface area (Å²) in [6.45, 7) is 6.77. The fraction of sp³-hybridized carbons (Fsp3) is 0.750. The average Bonchev–Trinajstić information content (AvgIpc) is 2.65. The monoisotopic (exact) mass is 194 g/mol. The van der Waals surface area contributed by atoms with Gasteiger partial charge in [0.1, 0.15) is 5.82 Å². The minimum atomic E-state index is 0.206. The van der Waals surface area contributed by atoms with Gasteiger partial charge in [0, 0.05) is 17.8 Å². The molecule has 0 spiro atoms. The summed E-state index contributed by atoms with van der Waals surface area (Å²) in [7, 11) is 0. The lowest BCUT2D eigenvalue weighted by molar-refractivity contribution is 0.426. The van der Waals surface area contributed by atoms with Crippen LogP contribution < -0.4 is 0 Å². The van der Waals surface area contributed by atoms with Gasteiger partial charge in [-0.2, -0.15) is 0 Å². The van der Waals surface area contributed by atoms with Crippen LogP contribution in [0.2, 0.25) is 0 Å². The Morgan fingerprint density at radius 2 is 2.07 bits per heavy atom. The number of nitrogens with zero attached hydrogens (tertiary/aromatic N) is 1. The van der Waals surface area contributed by atoms with Gasteiger partial charge in [0.2, 0.25) is 0 Å². The Balaban J connectivity index is 2.35. The van der Waals surface area contributed by atoms with Gasteiger partial charge in [0.15, 0.2) is 0 Å². The summed E-state index contributed by atoms with van der Waals surface area (Å²) in [6.07, 6.45) is 10.3. The number of rotatable bonds is 6. The van der Waals surface area contributed by atoms with Crippen LogP contribution in [0.3, 0.4) is 0 Å². The van der Waals surface area contributed by atoms with Crippen LogP contribution in [0.4, 0.5) is 0 Å². The van der Waals surface area contributed by atoms with Crippen molar-refractivity contribution in [1.82, 2.24) is 9.97 Å². The fourth-order valence-corrected chi connectivity index (χ4v) is 1.75. The van der Waals surface area contributed by atoms with E-state index < -0.39 is 0 Å². The van der Waals surface area contributed by atoms with Gasteiger partial charge >= 0.3 is 0 Å². The number of hydrogen-bond acceptors (Lipinski definition) is 1. The first-order valence-corrected chi connectivity index (χ1v) is 5.66. The second-order valence-electron chi connectivity index (χ2n) is 4.63. The zero-order chi connectivity index (χ0) is 10.4. The van der Waals surface area contributed by atoms with Gasteiger partial charge in [-0.15, -0.1) is 0 Å². The molecule has 80 valence electrons. The summed E-state index contributed by atoms with van der Waals surface area (Å²) in [5, 5.41) is 0. The maximum absolute atomic E-state index is 4.33. The number of imidazole rings is 1. The van der Waals surface area contributed by atoms with Crippen LogP contribution in [0.15, 0.2) is 12.4 Å². The summed E-state index contributed by atoms with van der Waals surface area (Å²) in [5.74, 6) is 1.12. The van der Waals surface area contributed by atoms with Gasteiger partial charge in [0.25, 0.3) is 0 Å². The zero-order valence-electron chi connectivity index (χ0n) is 9.64. The van der Waals surface area contributed by atoms with Gasteiger partial charge in [-0.05, 0) is 6.42 Å². The van der Waals surface area contributed by atoms with Crippen molar-refractivity contribution in [2.45, 2.75) is 58.3 Å². The highest BCUT2D eigenvalue weighted by molar-refractivity contribution is 5.03. The Bertz CT molecular complexity index is 237. The van der Waals surface area contributed by atoms with Crippen LogP contribution in [-0.4, -0.2) is 9.97 Å². The van der Waals surface area contributed by atoms with Gasteiger partial charge in [-0.25, -0.2) is 4.98 Å². The molecule has 0 amide bonds. The van der Waals surface area contributed by atoms with Crippen molar-refractivity contribution in [2.24, 2.45) is 0 Å². The van der Waals surface area contributed by atoms with Crippen molar-refractivity contribution in [3.05, 3.63) is 18.2 Å². The second-order valence-corrected chi connectivity index (χ2v) is 4.63. The number of H-pyrrole nitrogens is 1. The molecule has 0 radical (unpaired) electrons. The van der Waals surface area contributed by atoms with Crippen molar-refractivity contribution in [1.29, 1.82) is 0 Å². The summed E-state index contributed by atoms with van der Waals surface area (Å²) in [4.78, 5) is 7.54. The minimum Gasteiger partial charge on any atom is -0.348 e. The topological polar surface area (TPSA) is 28.7 Å². The first kappa shape index (κ1) is 11.3. The van der Waals surface area contributed by atoms with Gasteiger partial charge in [-0.1, -0.05) is 46.5 Å². The van der Waals surface area contributed by atoms with Gasteiger partial charge in [0.05, 0.1) is 0 Å². The predicted molar refractivity (Wildman–Crippen MR) is 60.4 cm³/mol. The largest absolute Gasteiger partial charge is 0.348 e. The molecule has 0 aromatic carbocycles. The molecule has 2 heteroatoms. The van der Waals surface area contributed by atoms with E-state index in [4.69, 9.17) is 0 Å². The third kappa shape index (κ3) is 3.17. The fourth-order valence-electron chi connectivity index (χ4n) is 1.75. The maximum Gasteiger partial charge on any atom is 0.111 e. The molecule has 1 heterocycles. The Morgan fingerprint density at radius 1 is 1.29 bits per heavy atom. The van der Waals surface area contributed by atoms with Crippen molar-refractivity contribution < 1.29 is 0 Å². The summed E-state index contributed by atoms with van der Waals surface area (Å²) in [5.41, 5.74) is 0.206. The van der Waals surface area contributed by atoms with Crippen LogP contribution >= 0.6 is 0 Å². The average molecular weight is 194 g/mol. The number of nitrogens with one attached hydrogen (secondary N) is 1. The lowest BCUT2D eigenvalue weighted by Crippen LogP contribution is -2.18. The third-order valence-electron chi connectivity index (χ3n) is 2.79. The summed E-state index contributed by atoms with van der Waals surface area (Å²) in [6, 6.07) is 0. The molecule has 0 bridgehead atoms. The van der Waals surface area contributed by atoms with E-state index >= 15 is 0 Å². The molecule has 1 aromatic heterocycles. The van der Waals surface area contributed by atoms with Crippen LogP contribution in [0.5, 0.6) is 0 Å². The first-order chi connectivity index (χ1) is 6.67. The Labute approximate surface area is 87.1 Å². The normalized spacial score (nSPS) is 11.9. The van der Waals surface area contributed by atoms with E-state index in [0.29, 0.717) is 0 Å². The molecule has 0 atom stereocenters. The Morgan fingerprint density at radius 3 is 2.64 bits per heavy atom. The molecule has 1 N–H and O–H groups in total. The molecule has 0 aliphatic carbocycles. The Hall–Kier alpha value is -0.790. The maximum atomic E-state index is 4.33. The van der Waals surface area contributed by atoms with Crippen LogP contribution in [0.25, 0.3) is 0 Å². The van der Waals surface area contributed by atoms with Crippen LogP contribution in [0.1, 0.15) is 58.7 Å². The molecule has 14 heavy (non-hydrogen) atoms. The third-order valence-corrected chi connectivity index (χ3v) is 2.79. The summed E-state index contributed by atoms with van der Waals surface area (Å²) >= 11 is 0. The zero-order valence-corrected chi connectivity index (χ0v) is 9.64. The molecule has 2 nitrogen and oxygen atoms in total. The predicted octanol–water partition coefficient (Wildman–Crippen LogP) is 3.66. The first-order valence-electron chi connectivity index (χ1n) is 5.66. The SMILES string of the molecule is CCCCCCC(C)(C)c1ncc[nH]1. The highest BCUT2D eigenvalue weighted by Crippen LogP contribution is 2.26. The van der Waals surface area contributed by atoms with E-state index in [9.17, 15) is 0 Å². The molecule has 0 saturated carbocycles. The molecule has 0 aliphatic heterocycles. The van der Waals surface area contributed by atoms with Crippen molar-refractivity contribution in [3.63, 3.8) is 0 Å². The number of unbranched alkanes of at least 4 members (excludes halogenated alkanes) is 3. The van der Waals surface area contributed by atoms with E-state index in [1.54, 1.807) is 0 Å². The van der Waals surface area contributed by atoms with Gasteiger partial charge in [-0.3, -0.25) is 0 Å². The van der Waals surface area contributed by atoms with Crippen LogP contribution in [-0.2, 0) is 5.41 Å². The highest BCUT2D eigenvalue weighted by atomic mass is 14.9. The molecule has 1 aromatic rings. The minimum absolute atomic E-state index is 0.206. The molecule has 0 saturated heterocycles. The number of aromatic amines is 1.